The molecule has 0 saturated carbocycles. The minimum atomic E-state index is 0.0605. The number of ether oxygens (including phenoxy) is 2. The molecule has 28 heavy (non-hydrogen) atoms. The molecular formula is C24H29NO3. The molecule has 1 fully saturated rings. The van der Waals surface area contributed by atoms with Crippen LogP contribution in [-0.4, -0.2) is 31.6 Å². The number of ketones is 1. The number of fused-ring (bicyclic) bond motifs is 3. The lowest BCUT2D eigenvalue weighted by Gasteiger charge is -2.23. The summed E-state index contributed by atoms with van der Waals surface area (Å²) in [6, 6.07) is 12.2. The third-order valence-electron chi connectivity index (χ3n) is 5.68. The van der Waals surface area contributed by atoms with Gasteiger partial charge in [-0.1, -0.05) is 31.9 Å². The van der Waals surface area contributed by atoms with Crippen LogP contribution >= 0.6 is 0 Å². The first-order valence-corrected chi connectivity index (χ1v) is 10.6. The number of hydrogen-bond acceptors (Lipinski definition) is 4. The zero-order valence-electron chi connectivity index (χ0n) is 16.6. The van der Waals surface area contributed by atoms with E-state index in [2.05, 4.69) is 12.2 Å². The van der Waals surface area contributed by atoms with Crippen LogP contribution in [0.15, 0.2) is 36.4 Å². The fourth-order valence-electron chi connectivity index (χ4n) is 4.10. The highest BCUT2D eigenvalue weighted by Crippen LogP contribution is 2.43. The van der Waals surface area contributed by atoms with Crippen LogP contribution in [0.5, 0.6) is 11.5 Å². The van der Waals surface area contributed by atoms with Gasteiger partial charge in [-0.05, 0) is 62.1 Å². The van der Waals surface area contributed by atoms with Gasteiger partial charge in [-0.15, -0.1) is 0 Å². The van der Waals surface area contributed by atoms with Crippen molar-refractivity contribution in [3.05, 3.63) is 47.5 Å². The number of carbonyl (C=O) groups excluding carboxylic acids is 1. The predicted octanol–water partition coefficient (Wildman–Crippen LogP) is 4.99. The van der Waals surface area contributed by atoms with Crippen molar-refractivity contribution >= 4 is 5.78 Å². The summed E-state index contributed by atoms with van der Waals surface area (Å²) < 4.78 is 11.9. The minimum absolute atomic E-state index is 0.0605. The van der Waals surface area contributed by atoms with E-state index in [-0.39, 0.29) is 5.78 Å². The molecule has 2 aromatic rings. The van der Waals surface area contributed by atoms with E-state index in [4.69, 9.17) is 9.47 Å². The quantitative estimate of drug-likeness (QED) is 0.560. The number of benzene rings is 2. The first-order chi connectivity index (χ1) is 13.8. The topological polar surface area (TPSA) is 47.6 Å². The molecule has 4 heteroatoms. The Bertz CT molecular complexity index is 840. The van der Waals surface area contributed by atoms with Crippen LogP contribution in [0.2, 0.25) is 0 Å². The second-order valence-electron chi connectivity index (χ2n) is 7.70. The Kier molecular flexibility index (Phi) is 5.96. The van der Waals surface area contributed by atoms with Crippen LogP contribution in [0.25, 0.3) is 11.1 Å². The highest BCUT2D eigenvalue weighted by Gasteiger charge is 2.30. The molecule has 1 atom stereocenters. The number of carbonyl (C=O) groups is 1. The van der Waals surface area contributed by atoms with Crippen LogP contribution in [0, 0.1) is 0 Å². The van der Waals surface area contributed by atoms with Gasteiger partial charge in [0.15, 0.2) is 5.78 Å². The third kappa shape index (κ3) is 3.93. The molecule has 1 unspecified atom stereocenters. The summed E-state index contributed by atoms with van der Waals surface area (Å²) in [7, 11) is 0. The SMILES string of the molecule is CCCCOc1ccc2c(c1)C(=O)c1cccc(OCCC3CCCCN3)c1-2. The van der Waals surface area contributed by atoms with Gasteiger partial charge in [-0.25, -0.2) is 0 Å². The largest absolute Gasteiger partial charge is 0.494 e. The smallest absolute Gasteiger partial charge is 0.194 e. The highest BCUT2D eigenvalue weighted by atomic mass is 16.5. The molecule has 4 nitrogen and oxygen atoms in total. The average molecular weight is 380 g/mol. The molecule has 1 aliphatic heterocycles. The maximum absolute atomic E-state index is 12.9. The van der Waals surface area contributed by atoms with Gasteiger partial charge >= 0.3 is 0 Å². The molecule has 0 aromatic heterocycles. The molecule has 2 aliphatic rings. The van der Waals surface area contributed by atoms with E-state index < -0.39 is 0 Å². The van der Waals surface area contributed by atoms with Crippen LogP contribution in [0.4, 0.5) is 0 Å². The molecule has 2 aromatic carbocycles. The molecule has 1 saturated heterocycles. The normalized spacial score (nSPS) is 17.9. The average Bonchev–Trinajstić information content (AvgIpc) is 3.02. The van der Waals surface area contributed by atoms with Crippen molar-refractivity contribution in [2.45, 2.75) is 51.5 Å². The number of unbranched alkanes of at least 4 members (excludes halogenated alkanes) is 1. The van der Waals surface area contributed by atoms with Crippen molar-refractivity contribution in [3.63, 3.8) is 0 Å². The van der Waals surface area contributed by atoms with Gasteiger partial charge in [0.1, 0.15) is 11.5 Å². The van der Waals surface area contributed by atoms with Gasteiger partial charge in [0, 0.05) is 22.7 Å². The molecule has 1 aliphatic carbocycles. The Hall–Kier alpha value is -2.33. The molecule has 0 amide bonds. The standard InChI is InChI=1S/C24H29NO3/c1-2-3-14-27-18-10-11-19-21(16-18)24(26)20-8-6-9-22(23(19)20)28-15-12-17-7-4-5-13-25-17/h6,8-11,16-17,25H,2-5,7,12-15H2,1H3. The Labute approximate surface area is 167 Å². The minimum Gasteiger partial charge on any atom is -0.494 e. The zero-order chi connectivity index (χ0) is 19.3. The molecular weight excluding hydrogens is 350 g/mol. The van der Waals surface area contributed by atoms with E-state index in [0.717, 1.165) is 54.0 Å². The molecule has 0 radical (unpaired) electrons. The zero-order valence-corrected chi connectivity index (χ0v) is 16.6. The summed E-state index contributed by atoms with van der Waals surface area (Å²) in [6.45, 7) is 4.59. The van der Waals surface area contributed by atoms with Crippen molar-refractivity contribution in [2.75, 3.05) is 19.8 Å². The van der Waals surface area contributed by atoms with E-state index in [0.29, 0.717) is 24.8 Å². The molecule has 148 valence electrons. The lowest BCUT2D eigenvalue weighted by Crippen LogP contribution is -2.35. The fraction of sp³-hybridized carbons (Fsp3) is 0.458. The maximum Gasteiger partial charge on any atom is 0.194 e. The number of piperidine rings is 1. The molecule has 1 heterocycles. The van der Waals surface area contributed by atoms with Crippen LogP contribution in [0.3, 0.4) is 0 Å². The lowest BCUT2D eigenvalue weighted by atomic mass is 10.0. The summed E-state index contributed by atoms with van der Waals surface area (Å²) in [5, 5.41) is 3.56. The summed E-state index contributed by atoms with van der Waals surface area (Å²) in [5.41, 5.74) is 3.33. The van der Waals surface area contributed by atoms with Crippen LogP contribution in [0.1, 0.15) is 61.4 Å². The van der Waals surface area contributed by atoms with E-state index in [9.17, 15) is 4.79 Å². The van der Waals surface area contributed by atoms with Gasteiger partial charge in [-0.2, -0.15) is 0 Å². The van der Waals surface area contributed by atoms with Crippen LogP contribution in [-0.2, 0) is 0 Å². The summed E-state index contributed by atoms with van der Waals surface area (Å²) >= 11 is 0. The van der Waals surface area contributed by atoms with E-state index in [1.807, 2.05) is 36.4 Å². The summed E-state index contributed by atoms with van der Waals surface area (Å²) in [5.74, 6) is 1.63. The van der Waals surface area contributed by atoms with Crippen molar-refractivity contribution in [3.8, 4) is 22.6 Å². The van der Waals surface area contributed by atoms with Gasteiger partial charge in [-0.3, -0.25) is 4.79 Å². The predicted molar refractivity (Wildman–Crippen MR) is 111 cm³/mol. The second-order valence-corrected chi connectivity index (χ2v) is 7.70. The summed E-state index contributed by atoms with van der Waals surface area (Å²) in [4.78, 5) is 12.9. The van der Waals surface area contributed by atoms with Gasteiger partial charge in [0.05, 0.1) is 13.2 Å². The molecule has 4 rings (SSSR count). The van der Waals surface area contributed by atoms with E-state index in [1.54, 1.807) is 0 Å². The highest BCUT2D eigenvalue weighted by molar-refractivity contribution is 6.22. The number of hydrogen-bond donors (Lipinski definition) is 1. The maximum atomic E-state index is 12.9. The Balaban J connectivity index is 1.50. The Morgan fingerprint density at radius 1 is 1.04 bits per heavy atom. The van der Waals surface area contributed by atoms with Crippen molar-refractivity contribution in [2.24, 2.45) is 0 Å². The molecule has 0 bridgehead atoms. The molecule has 1 N–H and O–H groups in total. The lowest BCUT2D eigenvalue weighted by molar-refractivity contribution is 0.104. The Morgan fingerprint density at radius 3 is 2.79 bits per heavy atom. The first kappa shape index (κ1) is 19.0. The van der Waals surface area contributed by atoms with Crippen molar-refractivity contribution in [1.82, 2.24) is 5.32 Å². The third-order valence-corrected chi connectivity index (χ3v) is 5.68. The number of nitrogens with one attached hydrogen (secondary N) is 1. The first-order valence-electron chi connectivity index (χ1n) is 10.6. The fourth-order valence-corrected chi connectivity index (χ4v) is 4.10. The number of rotatable bonds is 8. The second kappa shape index (κ2) is 8.78. The van der Waals surface area contributed by atoms with Crippen molar-refractivity contribution in [1.29, 1.82) is 0 Å². The van der Waals surface area contributed by atoms with Gasteiger partial charge < -0.3 is 14.8 Å². The van der Waals surface area contributed by atoms with Gasteiger partial charge in [0.2, 0.25) is 0 Å². The van der Waals surface area contributed by atoms with E-state index in [1.165, 1.54) is 19.3 Å². The van der Waals surface area contributed by atoms with E-state index >= 15 is 0 Å². The monoisotopic (exact) mass is 379 g/mol. The summed E-state index contributed by atoms with van der Waals surface area (Å²) in [6.07, 6.45) is 6.88. The van der Waals surface area contributed by atoms with Crippen molar-refractivity contribution < 1.29 is 14.3 Å². The van der Waals surface area contributed by atoms with Crippen LogP contribution < -0.4 is 14.8 Å². The Morgan fingerprint density at radius 2 is 1.96 bits per heavy atom. The molecule has 0 spiro atoms. The van der Waals surface area contributed by atoms with Gasteiger partial charge in [0.25, 0.3) is 0 Å².